The standard InChI is InChI=1S/C49H69FN2O4S/c1-33(2)41-36(34-11-9-8-10-12-34)31-49(51-25-26-52-27-29-57(55,56)30-28-52)24-23-46(6)38(42(41)49)13-14-40-45(5)19-17-37(44(3,4)39(45)18-20-47(40,46)7)35-15-21-48(32-50,22-16-35)43(53)54/h8-12,15,17,31,33,38-40,51H,13-14,16,18-30,32H2,1-7H3,(H,53,54)/t38?,39?,40?,45-,46+,47+,48-,49+/m0/s1. The molecule has 8 heteroatoms. The van der Waals surface area contributed by atoms with Crippen molar-refractivity contribution in [3.8, 4) is 0 Å². The number of hydrogen-bond acceptors (Lipinski definition) is 5. The number of nitrogens with one attached hydrogen (secondary N) is 1. The molecular formula is C49H69FN2O4S. The van der Waals surface area contributed by atoms with Crippen LogP contribution in [0.25, 0.3) is 5.57 Å². The highest BCUT2D eigenvalue weighted by Gasteiger charge is 2.69. The zero-order valence-electron chi connectivity index (χ0n) is 35.9. The van der Waals surface area contributed by atoms with Gasteiger partial charge in [-0.3, -0.25) is 4.79 Å². The van der Waals surface area contributed by atoms with Gasteiger partial charge in [-0.05, 0) is 143 Å². The van der Waals surface area contributed by atoms with Crippen molar-refractivity contribution in [2.45, 2.75) is 118 Å². The second-order valence-electron chi connectivity index (χ2n) is 21.1. The van der Waals surface area contributed by atoms with E-state index < -0.39 is 27.9 Å². The van der Waals surface area contributed by atoms with E-state index in [0.29, 0.717) is 49.6 Å². The molecule has 3 saturated carbocycles. The molecule has 1 aromatic rings. The summed E-state index contributed by atoms with van der Waals surface area (Å²) >= 11 is 0. The van der Waals surface area contributed by atoms with Gasteiger partial charge in [-0.2, -0.15) is 0 Å². The van der Waals surface area contributed by atoms with Crippen LogP contribution in [0.5, 0.6) is 0 Å². The molecule has 0 amide bonds. The fraction of sp³-hybridized carbons (Fsp3) is 0.694. The average molecular weight is 801 g/mol. The average Bonchev–Trinajstić information content (AvgIpc) is 3.52. The molecule has 2 N–H and O–H groups in total. The molecule has 0 radical (unpaired) electrons. The summed E-state index contributed by atoms with van der Waals surface area (Å²) in [6.45, 7) is 19.8. The number of carboxylic acid groups (broad SMARTS) is 1. The zero-order chi connectivity index (χ0) is 40.8. The Bertz CT molecular complexity index is 2000. The highest BCUT2D eigenvalue weighted by Crippen LogP contribution is 2.76. The van der Waals surface area contributed by atoms with Crippen LogP contribution in [0.15, 0.2) is 70.9 Å². The molecule has 1 saturated heterocycles. The monoisotopic (exact) mass is 800 g/mol. The topological polar surface area (TPSA) is 86.7 Å². The molecule has 0 spiro atoms. The highest BCUT2D eigenvalue weighted by atomic mass is 32.2. The maximum Gasteiger partial charge on any atom is 0.312 e. The number of benzene rings is 1. The number of rotatable bonds is 9. The van der Waals surface area contributed by atoms with Gasteiger partial charge in [-0.15, -0.1) is 0 Å². The van der Waals surface area contributed by atoms with Crippen molar-refractivity contribution in [2.24, 2.45) is 50.7 Å². The van der Waals surface area contributed by atoms with Gasteiger partial charge in [0.2, 0.25) is 0 Å². The smallest absolute Gasteiger partial charge is 0.312 e. The summed E-state index contributed by atoms with van der Waals surface area (Å²) in [6, 6.07) is 11.0. The van der Waals surface area contributed by atoms with E-state index in [2.05, 4.69) is 107 Å². The molecule has 312 valence electrons. The molecule has 0 bridgehead atoms. The number of hydrogen-bond donors (Lipinski definition) is 2. The Labute approximate surface area is 342 Å². The molecule has 6 aliphatic carbocycles. The van der Waals surface area contributed by atoms with Crippen LogP contribution in [0.2, 0.25) is 0 Å². The van der Waals surface area contributed by atoms with Crippen LogP contribution in [0.3, 0.4) is 0 Å². The first-order valence-electron chi connectivity index (χ1n) is 22.3. The lowest BCUT2D eigenvalue weighted by atomic mass is 9.33. The second-order valence-corrected chi connectivity index (χ2v) is 23.4. The Morgan fingerprint density at radius 1 is 0.912 bits per heavy atom. The maximum absolute atomic E-state index is 14.1. The number of sulfone groups is 1. The van der Waals surface area contributed by atoms with Gasteiger partial charge in [0.25, 0.3) is 0 Å². The molecule has 8 rings (SSSR count). The van der Waals surface area contributed by atoms with E-state index in [-0.39, 0.29) is 45.1 Å². The molecule has 6 nitrogen and oxygen atoms in total. The Kier molecular flexibility index (Phi) is 10.3. The zero-order valence-corrected chi connectivity index (χ0v) is 36.7. The molecule has 7 aliphatic rings. The molecule has 1 aromatic carbocycles. The molecule has 0 aromatic heterocycles. The van der Waals surface area contributed by atoms with Crippen molar-refractivity contribution < 1.29 is 22.7 Å². The van der Waals surface area contributed by atoms with Crippen LogP contribution in [0.4, 0.5) is 4.39 Å². The lowest BCUT2D eigenvalue weighted by Crippen LogP contribution is -2.66. The summed E-state index contributed by atoms with van der Waals surface area (Å²) in [5.74, 6) is 1.48. The minimum Gasteiger partial charge on any atom is -0.481 e. The molecule has 3 unspecified atom stereocenters. The third-order valence-corrected chi connectivity index (χ3v) is 19.5. The molecule has 1 aliphatic heterocycles. The maximum atomic E-state index is 14.1. The predicted molar refractivity (Wildman–Crippen MR) is 229 cm³/mol. The van der Waals surface area contributed by atoms with E-state index in [9.17, 15) is 22.7 Å². The van der Waals surface area contributed by atoms with Crippen LogP contribution < -0.4 is 5.32 Å². The summed E-state index contributed by atoms with van der Waals surface area (Å²) < 4.78 is 38.5. The number of fused-ring (bicyclic) bond motifs is 7. The van der Waals surface area contributed by atoms with Crippen LogP contribution >= 0.6 is 0 Å². The fourth-order valence-electron chi connectivity index (χ4n) is 14.6. The number of alkyl halides is 1. The molecule has 57 heavy (non-hydrogen) atoms. The van der Waals surface area contributed by atoms with Gasteiger partial charge < -0.3 is 15.3 Å². The van der Waals surface area contributed by atoms with Crippen LogP contribution in [-0.4, -0.2) is 74.3 Å². The number of allylic oxidation sites excluding steroid dienone is 6. The molecule has 1 heterocycles. The van der Waals surface area contributed by atoms with Crippen molar-refractivity contribution >= 4 is 21.4 Å². The predicted octanol–water partition coefficient (Wildman–Crippen LogP) is 9.85. The lowest BCUT2D eigenvalue weighted by Gasteiger charge is -2.71. The Morgan fingerprint density at radius 3 is 2.26 bits per heavy atom. The van der Waals surface area contributed by atoms with E-state index in [0.717, 1.165) is 25.9 Å². The van der Waals surface area contributed by atoms with Crippen molar-refractivity contribution in [3.05, 3.63) is 76.4 Å². The highest BCUT2D eigenvalue weighted by molar-refractivity contribution is 7.91. The van der Waals surface area contributed by atoms with Gasteiger partial charge in [0.15, 0.2) is 9.84 Å². The number of aliphatic carboxylic acids is 1. The fourth-order valence-corrected chi connectivity index (χ4v) is 15.9. The number of halogens is 1. The van der Waals surface area contributed by atoms with E-state index >= 15 is 0 Å². The first-order chi connectivity index (χ1) is 26.9. The molecule has 4 fully saturated rings. The first kappa shape index (κ1) is 41.2. The number of nitrogens with zero attached hydrogens (tertiary/aromatic N) is 1. The first-order valence-corrected chi connectivity index (χ1v) is 24.1. The van der Waals surface area contributed by atoms with Gasteiger partial charge in [0.1, 0.15) is 6.67 Å². The summed E-state index contributed by atoms with van der Waals surface area (Å²) in [6.07, 6.45) is 16.6. The SMILES string of the molecule is CC(C)C1=C2C3CCC4[C@@]5(C)CC=C(C6=CC[C@](CF)(C(=O)O)CC6)C(C)(C)C5CC[C@@]4(C)[C@]3(C)CC[C@@]2(NCCN2CCS(=O)(=O)CC2)C=C1c1ccccc1. The van der Waals surface area contributed by atoms with Crippen molar-refractivity contribution in [1.82, 2.24) is 10.2 Å². The Morgan fingerprint density at radius 2 is 1.63 bits per heavy atom. The van der Waals surface area contributed by atoms with E-state index in [1.165, 1.54) is 54.4 Å². The Balaban J connectivity index is 1.12. The normalized spacial score (nSPS) is 39.9. The largest absolute Gasteiger partial charge is 0.481 e. The van der Waals surface area contributed by atoms with Gasteiger partial charge in [-0.1, -0.05) is 97.0 Å². The molecular weight excluding hydrogens is 732 g/mol. The van der Waals surface area contributed by atoms with E-state index in [1.54, 1.807) is 11.1 Å². The third kappa shape index (κ3) is 6.33. The van der Waals surface area contributed by atoms with Crippen molar-refractivity contribution in [2.75, 3.05) is 44.4 Å². The van der Waals surface area contributed by atoms with Gasteiger partial charge >= 0.3 is 5.97 Å². The minimum atomic E-state index is -2.92. The van der Waals surface area contributed by atoms with Gasteiger partial charge in [0.05, 0.1) is 22.5 Å². The van der Waals surface area contributed by atoms with Crippen molar-refractivity contribution in [3.63, 3.8) is 0 Å². The summed E-state index contributed by atoms with van der Waals surface area (Å²) in [4.78, 5) is 14.4. The lowest BCUT2D eigenvalue weighted by molar-refractivity contribution is -0.195. The van der Waals surface area contributed by atoms with Gasteiger partial charge in [-0.25, -0.2) is 12.8 Å². The van der Waals surface area contributed by atoms with E-state index in [4.69, 9.17) is 0 Å². The van der Waals surface area contributed by atoms with Crippen LogP contribution in [0.1, 0.15) is 118 Å². The van der Waals surface area contributed by atoms with Crippen LogP contribution in [0, 0.1) is 50.7 Å². The van der Waals surface area contributed by atoms with E-state index in [1.807, 2.05) is 0 Å². The van der Waals surface area contributed by atoms with Gasteiger partial charge in [0, 0.05) is 26.2 Å². The number of carboxylic acids is 1. The quantitative estimate of drug-likeness (QED) is 0.259. The number of carbonyl (C=O) groups is 1. The second kappa shape index (κ2) is 14.3. The third-order valence-electron chi connectivity index (χ3n) is 17.9. The molecule has 8 atom stereocenters. The summed E-state index contributed by atoms with van der Waals surface area (Å²) in [7, 11) is -2.92. The van der Waals surface area contributed by atoms with Crippen molar-refractivity contribution in [1.29, 1.82) is 0 Å². The summed E-state index contributed by atoms with van der Waals surface area (Å²) in [5, 5.41) is 14.1. The minimum absolute atomic E-state index is 0.0473. The summed E-state index contributed by atoms with van der Waals surface area (Å²) in [5.41, 5.74) is 7.49. The Hall–Kier alpha value is -2.55. The van der Waals surface area contributed by atoms with Crippen LogP contribution in [-0.2, 0) is 14.6 Å².